The molecule has 0 amide bonds. The molecule has 1 aliphatic rings. The number of ether oxygens (including phenoxy) is 2. The van der Waals surface area contributed by atoms with Crippen LogP contribution in [0.15, 0.2) is 18.2 Å². The first-order valence-corrected chi connectivity index (χ1v) is 8.18. The number of Topliss-reactive ketones (excluding diaryl/α,β-unsaturated/α-hetero) is 2. The maximum Gasteiger partial charge on any atom is 0.320 e. The van der Waals surface area contributed by atoms with Gasteiger partial charge in [-0.2, -0.15) is 0 Å². The lowest BCUT2D eigenvalue weighted by Crippen LogP contribution is -2.39. The fourth-order valence-electron chi connectivity index (χ4n) is 2.95. The van der Waals surface area contributed by atoms with Gasteiger partial charge in [-0.3, -0.25) is 9.59 Å². The van der Waals surface area contributed by atoms with Crippen LogP contribution in [0.5, 0.6) is 5.75 Å². The summed E-state index contributed by atoms with van der Waals surface area (Å²) in [6.45, 7) is 5.59. The van der Waals surface area contributed by atoms with Crippen molar-refractivity contribution in [3.63, 3.8) is 0 Å². The second-order valence-corrected chi connectivity index (χ2v) is 6.81. The van der Waals surface area contributed by atoms with Crippen molar-refractivity contribution in [2.24, 2.45) is 11.3 Å². The van der Waals surface area contributed by atoms with Crippen LogP contribution in [0.4, 0.5) is 0 Å². The van der Waals surface area contributed by atoms with Crippen molar-refractivity contribution in [1.82, 2.24) is 0 Å². The van der Waals surface area contributed by atoms with Crippen molar-refractivity contribution >= 4 is 17.5 Å². The van der Waals surface area contributed by atoms with Gasteiger partial charge in [0.25, 0.3) is 0 Å². The lowest BCUT2D eigenvalue weighted by Gasteiger charge is -2.25. The van der Waals surface area contributed by atoms with E-state index in [0.717, 1.165) is 5.56 Å². The molecular formula is C19H24O5. The molecule has 1 aliphatic carbocycles. The van der Waals surface area contributed by atoms with Crippen LogP contribution in [-0.4, -0.2) is 31.3 Å². The van der Waals surface area contributed by atoms with Crippen molar-refractivity contribution < 1.29 is 23.9 Å². The quantitative estimate of drug-likeness (QED) is 0.567. The molecule has 5 nitrogen and oxygen atoms in total. The van der Waals surface area contributed by atoms with Crippen LogP contribution >= 0.6 is 0 Å². The highest BCUT2D eigenvalue weighted by atomic mass is 16.5. The molecule has 0 fully saturated rings. The SMILES string of the molecule is COc1ccc2c(c1)C(=O)C(CCC(C)=O)(C(=O)OCC(C)C)C2. The molecule has 0 saturated carbocycles. The molecule has 0 saturated heterocycles. The number of hydrogen-bond acceptors (Lipinski definition) is 5. The smallest absolute Gasteiger partial charge is 0.320 e. The zero-order chi connectivity index (χ0) is 17.9. The van der Waals surface area contributed by atoms with E-state index >= 15 is 0 Å². The first-order chi connectivity index (χ1) is 11.3. The summed E-state index contributed by atoms with van der Waals surface area (Å²) in [5.41, 5.74) is -0.0137. The highest BCUT2D eigenvalue weighted by Crippen LogP contribution is 2.43. The molecule has 0 N–H and O–H groups in total. The summed E-state index contributed by atoms with van der Waals surface area (Å²) in [5.74, 6) is -0.103. The van der Waals surface area contributed by atoms with E-state index in [4.69, 9.17) is 9.47 Å². The van der Waals surface area contributed by atoms with E-state index in [2.05, 4.69) is 0 Å². The zero-order valence-electron chi connectivity index (χ0n) is 14.7. The van der Waals surface area contributed by atoms with Crippen molar-refractivity contribution in [3.05, 3.63) is 29.3 Å². The van der Waals surface area contributed by atoms with Gasteiger partial charge in [0.2, 0.25) is 0 Å². The number of hydrogen-bond donors (Lipinski definition) is 0. The van der Waals surface area contributed by atoms with Crippen molar-refractivity contribution in [2.45, 2.75) is 40.0 Å². The van der Waals surface area contributed by atoms with E-state index in [-0.39, 0.29) is 43.4 Å². The number of benzene rings is 1. The summed E-state index contributed by atoms with van der Waals surface area (Å²) in [6, 6.07) is 5.23. The second-order valence-electron chi connectivity index (χ2n) is 6.81. The maximum atomic E-state index is 13.0. The van der Waals surface area contributed by atoms with Crippen LogP contribution in [0.2, 0.25) is 0 Å². The lowest BCUT2D eigenvalue weighted by atomic mass is 9.78. The predicted molar refractivity (Wildman–Crippen MR) is 89.2 cm³/mol. The van der Waals surface area contributed by atoms with Gasteiger partial charge in [0.05, 0.1) is 13.7 Å². The van der Waals surface area contributed by atoms with E-state index in [1.165, 1.54) is 14.0 Å². The molecule has 130 valence electrons. The van der Waals surface area contributed by atoms with E-state index in [1.54, 1.807) is 18.2 Å². The summed E-state index contributed by atoms with van der Waals surface area (Å²) < 4.78 is 10.6. The number of fused-ring (bicyclic) bond motifs is 1. The number of esters is 1. The number of methoxy groups -OCH3 is 1. The summed E-state index contributed by atoms with van der Waals surface area (Å²) in [6.07, 6.45) is 0.623. The Morgan fingerprint density at radius 3 is 2.58 bits per heavy atom. The third-order valence-electron chi connectivity index (χ3n) is 4.33. The zero-order valence-corrected chi connectivity index (χ0v) is 14.7. The topological polar surface area (TPSA) is 69.7 Å². The van der Waals surface area contributed by atoms with Crippen molar-refractivity contribution in [3.8, 4) is 5.75 Å². The van der Waals surface area contributed by atoms with Crippen molar-refractivity contribution in [2.75, 3.05) is 13.7 Å². The summed E-state index contributed by atoms with van der Waals surface area (Å²) >= 11 is 0. The Labute approximate surface area is 142 Å². The molecular weight excluding hydrogens is 308 g/mol. The van der Waals surface area contributed by atoms with E-state index in [0.29, 0.717) is 11.3 Å². The molecule has 1 aromatic rings. The third kappa shape index (κ3) is 3.50. The van der Waals surface area contributed by atoms with Gasteiger partial charge < -0.3 is 14.3 Å². The molecule has 24 heavy (non-hydrogen) atoms. The van der Waals surface area contributed by atoms with Gasteiger partial charge in [-0.15, -0.1) is 0 Å². The summed E-state index contributed by atoms with van der Waals surface area (Å²) in [7, 11) is 1.53. The van der Waals surface area contributed by atoms with Crippen LogP contribution < -0.4 is 4.74 Å². The van der Waals surface area contributed by atoms with Gasteiger partial charge in [0.1, 0.15) is 16.9 Å². The molecule has 1 unspecified atom stereocenters. The number of rotatable bonds is 7. The minimum atomic E-state index is -1.30. The van der Waals surface area contributed by atoms with Gasteiger partial charge >= 0.3 is 5.97 Å². The van der Waals surface area contributed by atoms with Crippen LogP contribution in [0.3, 0.4) is 0 Å². The maximum absolute atomic E-state index is 13.0. The minimum absolute atomic E-state index is 0.0487. The van der Waals surface area contributed by atoms with E-state index in [1.807, 2.05) is 13.8 Å². The Hall–Kier alpha value is -2.17. The third-order valence-corrected chi connectivity index (χ3v) is 4.33. The molecule has 0 heterocycles. The molecule has 2 rings (SSSR count). The molecule has 1 aromatic carbocycles. The monoisotopic (exact) mass is 332 g/mol. The number of carbonyl (C=O) groups excluding carboxylic acids is 3. The number of ketones is 2. The standard InChI is InChI=1S/C19H24O5/c1-12(2)11-24-18(22)19(8-7-13(3)20)10-14-5-6-15(23-4)9-16(14)17(19)21/h5-6,9,12H,7-8,10-11H2,1-4H3. The Morgan fingerprint density at radius 1 is 1.29 bits per heavy atom. The van der Waals surface area contributed by atoms with Gasteiger partial charge in [-0.1, -0.05) is 19.9 Å². The minimum Gasteiger partial charge on any atom is -0.497 e. The van der Waals surface area contributed by atoms with Gasteiger partial charge in [-0.25, -0.2) is 0 Å². The molecule has 0 bridgehead atoms. The first kappa shape index (κ1) is 18.2. The highest BCUT2D eigenvalue weighted by molar-refractivity contribution is 6.16. The number of carbonyl (C=O) groups is 3. The van der Waals surface area contributed by atoms with Gasteiger partial charge in [0.15, 0.2) is 5.78 Å². The fraction of sp³-hybridized carbons (Fsp3) is 0.526. The Balaban J connectivity index is 2.35. The summed E-state index contributed by atoms with van der Waals surface area (Å²) in [4.78, 5) is 37.2. The average molecular weight is 332 g/mol. The molecule has 5 heteroatoms. The van der Waals surface area contributed by atoms with Gasteiger partial charge in [-0.05, 0) is 43.4 Å². The first-order valence-electron chi connectivity index (χ1n) is 8.18. The summed E-state index contributed by atoms with van der Waals surface area (Å²) in [5, 5.41) is 0. The molecule has 0 aliphatic heterocycles. The molecule has 0 aromatic heterocycles. The lowest BCUT2D eigenvalue weighted by molar-refractivity contribution is -0.154. The second kappa shape index (κ2) is 7.16. The van der Waals surface area contributed by atoms with Gasteiger partial charge in [0, 0.05) is 12.0 Å². The highest BCUT2D eigenvalue weighted by Gasteiger charge is 2.52. The Morgan fingerprint density at radius 2 is 2.00 bits per heavy atom. The average Bonchev–Trinajstić information content (AvgIpc) is 2.83. The predicted octanol–water partition coefficient (Wildman–Crippen LogP) is 2.99. The Kier molecular flexibility index (Phi) is 5.42. The van der Waals surface area contributed by atoms with Crippen molar-refractivity contribution in [1.29, 1.82) is 0 Å². The Bertz CT molecular complexity index is 662. The van der Waals surface area contributed by atoms with Crippen LogP contribution in [0, 0.1) is 11.3 Å². The van der Waals surface area contributed by atoms with E-state index < -0.39 is 11.4 Å². The largest absolute Gasteiger partial charge is 0.497 e. The molecule has 0 radical (unpaired) electrons. The van der Waals surface area contributed by atoms with Crippen LogP contribution in [-0.2, 0) is 20.7 Å². The normalized spacial score (nSPS) is 19.3. The van der Waals surface area contributed by atoms with Crippen LogP contribution in [0.1, 0.15) is 49.5 Å². The molecule has 1 atom stereocenters. The van der Waals surface area contributed by atoms with Crippen LogP contribution in [0.25, 0.3) is 0 Å². The fourth-order valence-corrected chi connectivity index (χ4v) is 2.95. The van der Waals surface area contributed by atoms with E-state index in [9.17, 15) is 14.4 Å². The molecule has 0 spiro atoms.